The van der Waals surface area contributed by atoms with Gasteiger partial charge in [-0.2, -0.15) is 9.97 Å². The second-order valence-corrected chi connectivity index (χ2v) is 9.81. The van der Waals surface area contributed by atoms with Crippen LogP contribution in [0.25, 0.3) is 10.8 Å². The van der Waals surface area contributed by atoms with Crippen LogP contribution in [-0.2, 0) is 13.0 Å². The van der Waals surface area contributed by atoms with E-state index in [2.05, 4.69) is 78.5 Å². The van der Waals surface area contributed by atoms with Gasteiger partial charge in [0.15, 0.2) is 0 Å². The lowest BCUT2D eigenvalue weighted by atomic mass is 10.0. The molecule has 6 nitrogen and oxygen atoms in total. The maximum absolute atomic E-state index is 6.16. The van der Waals surface area contributed by atoms with E-state index in [1.54, 1.807) is 0 Å². The zero-order valence-corrected chi connectivity index (χ0v) is 20.1. The molecule has 0 amide bonds. The molecule has 1 N–H and O–H groups in total. The summed E-state index contributed by atoms with van der Waals surface area (Å²) in [5.74, 6) is 1.49. The lowest BCUT2D eigenvalue weighted by molar-refractivity contribution is 0.187. The molecular weight excluding hydrogens is 410 g/mol. The number of likely N-dealkylation sites (N-methyl/N-ethyl adjacent to an activating group) is 1. The van der Waals surface area contributed by atoms with Gasteiger partial charge < -0.3 is 19.9 Å². The van der Waals surface area contributed by atoms with Crippen molar-refractivity contribution in [2.24, 2.45) is 5.92 Å². The van der Waals surface area contributed by atoms with E-state index in [1.165, 1.54) is 34.9 Å². The molecule has 2 aliphatic rings. The second kappa shape index (κ2) is 9.56. The number of ether oxygens (including phenoxy) is 1. The molecule has 3 heterocycles. The third-order valence-corrected chi connectivity index (χ3v) is 6.91. The maximum atomic E-state index is 6.16. The average molecular weight is 446 g/mol. The normalized spacial score (nSPS) is 18.7. The van der Waals surface area contributed by atoms with Gasteiger partial charge in [-0.1, -0.05) is 50.2 Å². The summed E-state index contributed by atoms with van der Waals surface area (Å²) in [5, 5.41) is 6.13. The molecule has 0 radical (unpaired) electrons. The van der Waals surface area contributed by atoms with Crippen LogP contribution in [0, 0.1) is 5.92 Å². The van der Waals surface area contributed by atoms with Gasteiger partial charge in [0.1, 0.15) is 12.4 Å². The van der Waals surface area contributed by atoms with Gasteiger partial charge in [0.25, 0.3) is 0 Å². The van der Waals surface area contributed by atoms with Crippen LogP contribution in [0.4, 0.5) is 11.5 Å². The van der Waals surface area contributed by atoms with Gasteiger partial charge in [-0.15, -0.1) is 0 Å². The highest BCUT2D eigenvalue weighted by Crippen LogP contribution is 2.33. The van der Waals surface area contributed by atoms with Crippen molar-refractivity contribution < 1.29 is 4.74 Å². The fourth-order valence-corrected chi connectivity index (χ4v) is 4.97. The molecule has 1 aromatic heterocycles. The molecule has 174 valence electrons. The Morgan fingerprint density at radius 3 is 2.76 bits per heavy atom. The van der Waals surface area contributed by atoms with Crippen molar-refractivity contribution in [2.45, 2.75) is 45.7 Å². The van der Waals surface area contributed by atoms with E-state index in [1.807, 2.05) is 0 Å². The van der Waals surface area contributed by atoms with Crippen LogP contribution in [0.15, 0.2) is 42.5 Å². The highest BCUT2D eigenvalue weighted by atomic mass is 16.5. The van der Waals surface area contributed by atoms with Crippen LogP contribution in [0.3, 0.4) is 0 Å². The summed E-state index contributed by atoms with van der Waals surface area (Å²) in [7, 11) is 2.17. The molecule has 0 aliphatic carbocycles. The number of nitrogens with zero attached hydrogens (tertiary/aromatic N) is 4. The van der Waals surface area contributed by atoms with Gasteiger partial charge in [0.2, 0.25) is 0 Å². The van der Waals surface area contributed by atoms with Crippen LogP contribution in [0.2, 0.25) is 0 Å². The number of hydrogen-bond acceptors (Lipinski definition) is 6. The summed E-state index contributed by atoms with van der Waals surface area (Å²) >= 11 is 0. The average Bonchev–Trinajstić information content (AvgIpc) is 3.25. The largest absolute Gasteiger partial charge is 0.462 e. The molecule has 0 saturated carbocycles. The second-order valence-electron chi connectivity index (χ2n) is 9.81. The summed E-state index contributed by atoms with van der Waals surface area (Å²) in [6.45, 7) is 8.83. The molecule has 6 heteroatoms. The first-order valence-electron chi connectivity index (χ1n) is 12.3. The van der Waals surface area contributed by atoms with E-state index in [0.717, 1.165) is 44.1 Å². The summed E-state index contributed by atoms with van der Waals surface area (Å²) in [4.78, 5) is 14.5. The number of hydrogen-bond donors (Lipinski definition) is 1. The molecule has 3 aromatic rings. The van der Waals surface area contributed by atoms with Crippen LogP contribution < -0.4 is 15.0 Å². The molecule has 1 atom stereocenters. The first-order chi connectivity index (χ1) is 16.1. The number of benzene rings is 2. The van der Waals surface area contributed by atoms with Crippen LogP contribution in [-0.4, -0.2) is 54.2 Å². The van der Waals surface area contributed by atoms with E-state index >= 15 is 0 Å². The molecule has 5 rings (SSSR count). The third kappa shape index (κ3) is 4.76. The monoisotopic (exact) mass is 445 g/mol. The van der Waals surface area contributed by atoms with Gasteiger partial charge in [-0.25, -0.2) is 0 Å². The highest BCUT2D eigenvalue weighted by molar-refractivity contribution is 5.94. The van der Waals surface area contributed by atoms with Gasteiger partial charge in [-0.3, -0.25) is 0 Å². The Hall–Kier alpha value is -2.86. The number of rotatable bonds is 7. The summed E-state index contributed by atoms with van der Waals surface area (Å²) in [6.07, 6.45) is 3.33. The topological polar surface area (TPSA) is 53.5 Å². The van der Waals surface area contributed by atoms with Crippen molar-refractivity contribution in [3.8, 4) is 6.01 Å². The molecule has 0 spiro atoms. The Kier molecular flexibility index (Phi) is 6.36. The Morgan fingerprint density at radius 2 is 1.94 bits per heavy atom. The van der Waals surface area contributed by atoms with Gasteiger partial charge in [0.05, 0.1) is 12.2 Å². The minimum Gasteiger partial charge on any atom is -0.462 e. The zero-order valence-electron chi connectivity index (χ0n) is 20.1. The first kappa shape index (κ1) is 22.0. The van der Waals surface area contributed by atoms with Crippen molar-refractivity contribution in [3.63, 3.8) is 0 Å². The highest BCUT2D eigenvalue weighted by Gasteiger charge is 2.26. The molecule has 2 aromatic carbocycles. The summed E-state index contributed by atoms with van der Waals surface area (Å²) in [5.41, 5.74) is 3.58. The quantitative estimate of drug-likeness (QED) is 0.567. The lowest BCUT2D eigenvalue weighted by Gasteiger charge is -2.32. The molecular formula is C27H35N5O. The van der Waals surface area contributed by atoms with Crippen molar-refractivity contribution in [2.75, 3.05) is 43.5 Å². The smallest absolute Gasteiger partial charge is 0.318 e. The fourth-order valence-electron chi connectivity index (χ4n) is 4.97. The van der Waals surface area contributed by atoms with Crippen molar-refractivity contribution in [3.05, 3.63) is 53.7 Å². The fraction of sp³-hybridized carbons (Fsp3) is 0.481. The van der Waals surface area contributed by atoms with Gasteiger partial charge >= 0.3 is 6.01 Å². The molecule has 0 unspecified atom stereocenters. The molecule has 0 bridgehead atoms. The van der Waals surface area contributed by atoms with E-state index in [4.69, 9.17) is 14.7 Å². The standard InChI is InChI=1S/C27H35N5O/c1-19(2)16-28-26-23-13-15-32(25-12-6-9-20-8-4-5-11-22(20)25)17-24(23)29-27(30-26)33-18-21-10-7-14-31(21)3/h4-6,8-9,11-12,19,21H,7,10,13-18H2,1-3H3,(H,28,29,30)/t21-/m1/s1. The molecule has 1 saturated heterocycles. The summed E-state index contributed by atoms with van der Waals surface area (Å²) < 4.78 is 6.16. The van der Waals surface area contributed by atoms with Crippen LogP contribution in [0.1, 0.15) is 37.9 Å². The number of likely N-dealkylation sites (tertiary alicyclic amines) is 1. The van der Waals surface area contributed by atoms with Crippen molar-refractivity contribution >= 4 is 22.3 Å². The number of anilines is 2. The van der Waals surface area contributed by atoms with E-state index in [0.29, 0.717) is 24.6 Å². The van der Waals surface area contributed by atoms with Crippen molar-refractivity contribution in [1.29, 1.82) is 0 Å². The third-order valence-electron chi connectivity index (χ3n) is 6.91. The first-order valence-corrected chi connectivity index (χ1v) is 12.3. The number of fused-ring (bicyclic) bond motifs is 2. The SMILES string of the molecule is CC(C)CNc1nc(OC[C@H]2CCCN2C)nc2c1CCN(c1cccc3ccccc13)C2. The predicted octanol–water partition coefficient (Wildman–Crippen LogP) is 4.73. The maximum Gasteiger partial charge on any atom is 0.318 e. The molecule has 33 heavy (non-hydrogen) atoms. The zero-order chi connectivity index (χ0) is 22.8. The molecule has 2 aliphatic heterocycles. The lowest BCUT2D eigenvalue weighted by Crippen LogP contribution is -2.33. The predicted molar refractivity (Wildman–Crippen MR) is 135 cm³/mol. The number of nitrogens with one attached hydrogen (secondary N) is 1. The van der Waals surface area contributed by atoms with Crippen molar-refractivity contribution in [1.82, 2.24) is 14.9 Å². The Balaban J connectivity index is 1.43. The molecule has 1 fully saturated rings. The Labute approximate surface area is 197 Å². The Bertz CT molecular complexity index is 1110. The van der Waals surface area contributed by atoms with E-state index in [9.17, 15) is 0 Å². The minimum absolute atomic E-state index is 0.448. The van der Waals surface area contributed by atoms with Gasteiger partial charge in [0, 0.05) is 35.8 Å². The summed E-state index contributed by atoms with van der Waals surface area (Å²) in [6, 6.07) is 16.1. The van der Waals surface area contributed by atoms with E-state index in [-0.39, 0.29) is 0 Å². The van der Waals surface area contributed by atoms with Crippen LogP contribution in [0.5, 0.6) is 6.01 Å². The Morgan fingerprint density at radius 1 is 1.09 bits per heavy atom. The van der Waals surface area contributed by atoms with E-state index < -0.39 is 0 Å². The van der Waals surface area contributed by atoms with Gasteiger partial charge in [-0.05, 0) is 50.2 Å². The number of aromatic nitrogens is 2. The minimum atomic E-state index is 0.448. The van der Waals surface area contributed by atoms with Crippen LogP contribution >= 0.6 is 0 Å².